The van der Waals surface area contributed by atoms with E-state index in [0.717, 1.165) is 7.11 Å². The van der Waals surface area contributed by atoms with Crippen LogP contribution in [-0.4, -0.2) is 37.5 Å². The molecule has 0 heterocycles. The first kappa shape index (κ1) is 24.4. The van der Waals surface area contributed by atoms with Crippen molar-refractivity contribution in [3.63, 3.8) is 0 Å². The fraction of sp³-hybridized carbons (Fsp3) is 0.211. The molecule has 0 saturated carbocycles. The zero-order valence-electron chi connectivity index (χ0n) is 16.2. The molecule has 2 aromatic rings. The molecule has 166 valence electrons. The van der Waals surface area contributed by atoms with Crippen LogP contribution in [0.1, 0.15) is 16.8 Å². The monoisotopic (exact) mass is 519 g/mol. The fourth-order valence-corrected chi connectivity index (χ4v) is 3.18. The van der Waals surface area contributed by atoms with Crippen molar-refractivity contribution >= 4 is 62.4 Å². The molecule has 0 spiro atoms. The maximum absolute atomic E-state index is 12.7. The number of anilines is 3. The Kier molecular flexibility index (Phi) is 8.17. The van der Waals surface area contributed by atoms with Gasteiger partial charge in [-0.3, -0.25) is 14.4 Å². The molecule has 12 heteroatoms. The number of benzene rings is 2. The molecule has 2 aromatic carbocycles. The highest BCUT2D eigenvalue weighted by molar-refractivity contribution is 9.10. The molecule has 0 saturated heterocycles. The predicted molar refractivity (Wildman–Crippen MR) is 115 cm³/mol. The second-order valence-corrected chi connectivity index (χ2v) is 7.25. The van der Waals surface area contributed by atoms with Crippen molar-refractivity contribution in [3.8, 4) is 5.75 Å². The Balaban J connectivity index is 2.19. The Hall–Kier alpha value is -2.92. The highest BCUT2D eigenvalue weighted by atomic mass is 79.9. The number of halogens is 4. The lowest BCUT2D eigenvalue weighted by Crippen LogP contribution is -2.19. The predicted octanol–water partition coefficient (Wildman–Crippen LogP) is 4.41. The molecule has 2 rings (SSSR count). The van der Waals surface area contributed by atoms with Crippen LogP contribution in [0.25, 0.3) is 0 Å². The van der Waals surface area contributed by atoms with Gasteiger partial charge in [-0.05, 0) is 52.3 Å². The molecule has 0 atom stereocenters. The minimum atomic E-state index is -3.85. The zero-order valence-corrected chi connectivity index (χ0v) is 18.6. The molecule has 0 unspecified atom stereocenters. The smallest absolute Gasteiger partial charge is 0.469 e. The Labute approximate surface area is 189 Å². The van der Waals surface area contributed by atoms with Crippen LogP contribution in [0.2, 0.25) is 0 Å². The first-order valence-electron chi connectivity index (χ1n) is 8.57. The molecule has 8 nitrogen and oxygen atoms in total. The summed E-state index contributed by atoms with van der Waals surface area (Å²) in [4.78, 5) is 35.9. The molecular weight excluding hydrogens is 504 g/mol. The second kappa shape index (κ2) is 10.4. The summed E-state index contributed by atoms with van der Waals surface area (Å²) in [5, 5.41) is 8.02. The number of hydrogen-bond donors (Lipinski definition) is 3. The maximum atomic E-state index is 12.7. The average Bonchev–Trinajstić information content (AvgIpc) is 2.67. The lowest BCUT2D eigenvalue weighted by atomic mass is 10.1. The number of carbonyl (C=O) groups excluding carboxylic acids is 3. The lowest BCUT2D eigenvalue weighted by molar-refractivity contribution is -0.142. The van der Waals surface area contributed by atoms with Gasteiger partial charge in [-0.1, -0.05) is 0 Å². The number of ether oxygens (including phenoxy) is 2. The third kappa shape index (κ3) is 7.37. The van der Waals surface area contributed by atoms with Crippen molar-refractivity contribution in [2.24, 2.45) is 0 Å². The van der Waals surface area contributed by atoms with Crippen LogP contribution in [-0.2, 0) is 14.3 Å². The van der Waals surface area contributed by atoms with Crippen molar-refractivity contribution in [2.45, 2.75) is 12.0 Å². The van der Waals surface area contributed by atoms with Gasteiger partial charge in [-0.25, -0.2) is 0 Å². The molecule has 0 fully saturated rings. The highest BCUT2D eigenvalue weighted by Crippen LogP contribution is 2.33. The molecular formula is C19H17BrClF2N3O5. The molecule has 0 aliphatic heterocycles. The molecule has 0 radical (unpaired) electrons. The Morgan fingerprint density at radius 2 is 1.77 bits per heavy atom. The summed E-state index contributed by atoms with van der Waals surface area (Å²) in [5.74, 6) is -2.06. The van der Waals surface area contributed by atoms with Gasteiger partial charge in [0.25, 0.3) is 5.91 Å². The van der Waals surface area contributed by atoms with Crippen molar-refractivity contribution < 1.29 is 32.6 Å². The topological polar surface area (TPSA) is 106 Å². The largest absolute Gasteiger partial charge is 0.487 e. The van der Waals surface area contributed by atoms with Crippen LogP contribution in [0.3, 0.4) is 0 Å². The molecule has 0 aliphatic carbocycles. The summed E-state index contributed by atoms with van der Waals surface area (Å²) in [6.45, 7) is 0. The Morgan fingerprint density at radius 3 is 2.32 bits per heavy atom. The van der Waals surface area contributed by atoms with E-state index in [0.29, 0.717) is 15.8 Å². The summed E-state index contributed by atoms with van der Waals surface area (Å²) in [6.07, 6.45) is -0.497. The van der Waals surface area contributed by atoms with Gasteiger partial charge in [0.05, 0.1) is 18.5 Å². The van der Waals surface area contributed by atoms with Gasteiger partial charge in [-0.2, -0.15) is 0 Å². The van der Waals surface area contributed by atoms with Crippen molar-refractivity contribution in [1.29, 1.82) is 0 Å². The van der Waals surface area contributed by atoms with E-state index in [1.807, 2.05) is 0 Å². The van der Waals surface area contributed by atoms with Gasteiger partial charge >= 0.3 is 11.5 Å². The van der Waals surface area contributed by atoms with E-state index in [1.165, 1.54) is 36.4 Å². The quantitative estimate of drug-likeness (QED) is 0.270. The van der Waals surface area contributed by atoms with Crippen LogP contribution < -0.4 is 20.7 Å². The van der Waals surface area contributed by atoms with E-state index < -0.39 is 29.8 Å². The Morgan fingerprint density at radius 1 is 1.13 bits per heavy atom. The van der Waals surface area contributed by atoms with E-state index in [-0.39, 0.29) is 17.0 Å². The first-order valence-corrected chi connectivity index (χ1v) is 9.74. The van der Waals surface area contributed by atoms with Crippen molar-refractivity contribution in [2.75, 3.05) is 30.1 Å². The number of alkyl halides is 3. The fourth-order valence-electron chi connectivity index (χ4n) is 2.43. The third-order valence-corrected chi connectivity index (χ3v) is 4.46. The molecule has 31 heavy (non-hydrogen) atoms. The zero-order chi connectivity index (χ0) is 23.2. The normalized spacial score (nSPS) is 10.8. The average molecular weight is 521 g/mol. The van der Waals surface area contributed by atoms with Gasteiger partial charge < -0.3 is 25.4 Å². The van der Waals surface area contributed by atoms with Crippen LogP contribution >= 0.6 is 27.5 Å². The standard InChI is InChI=1S/C19H17BrClF2N3O5/c1-24-17-13(20)7-10(8-14(17)26-15(27)9-16(28)30-2)18(29)25-11-3-5-12(6-4-11)31-19(21,22)23/h3-8,24H,9H2,1-2H3,(H,25,29)(H,26,27). The van der Waals surface area contributed by atoms with Crippen molar-refractivity contribution in [3.05, 3.63) is 46.4 Å². The van der Waals surface area contributed by atoms with Gasteiger partial charge in [0.1, 0.15) is 12.2 Å². The van der Waals surface area contributed by atoms with E-state index in [2.05, 4.69) is 41.4 Å². The number of esters is 1. The van der Waals surface area contributed by atoms with Crippen LogP contribution in [0, 0.1) is 0 Å². The van der Waals surface area contributed by atoms with Crippen LogP contribution in [0.4, 0.5) is 25.8 Å². The number of hydrogen-bond acceptors (Lipinski definition) is 6. The molecule has 0 aromatic heterocycles. The van der Waals surface area contributed by atoms with Gasteiger partial charge in [0.2, 0.25) is 5.91 Å². The van der Waals surface area contributed by atoms with E-state index >= 15 is 0 Å². The number of rotatable bonds is 8. The van der Waals surface area contributed by atoms with Gasteiger partial charge in [0, 0.05) is 34.4 Å². The number of carbonyl (C=O) groups is 3. The summed E-state index contributed by atoms with van der Waals surface area (Å²) in [7, 11) is 2.78. The number of amides is 2. The van der Waals surface area contributed by atoms with Crippen molar-refractivity contribution in [1.82, 2.24) is 0 Å². The van der Waals surface area contributed by atoms with Crippen LogP contribution in [0.5, 0.6) is 5.75 Å². The summed E-state index contributed by atoms with van der Waals surface area (Å²) in [5.41, 5.74) is -2.63. The van der Waals surface area contributed by atoms with E-state index in [9.17, 15) is 23.2 Å². The Bertz CT molecular complexity index is 984. The minimum absolute atomic E-state index is 0.173. The minimum Gasteiger partial charge on any atom is -0.469 e. The maximum Gasteiger partial charge on any atom is 0.487 e. The first-order chi connectivity index (χ1) is 14.5. The SMILES string of the molecule is CNc1c(Br)cc(C(=O)Nc2ccc(OC(F)(F)Cl)cc2)cc1NC(=O)CC(=O)OC. The van der Waals surface area contributed by atoms with E-state index in [4.69, 9.17) is 11.6 Å². The summed E-state index contributed by atoms with van der Waals surface area (Å²) < 4.78 is 34.5. The summed E-state index contributed by atoms with van der Waals surface area (Å²) >= 11 is 8.03. The summed E-state index contributed by atoms with van der Waals surface area (Å²) in [6, 6.07) is 8.06. The van der Waals surface area contributed by atoms with Gasteiger partial charge in [0.15, 0.2) is 0 Å². The molecule has 0 aliphatic rings. The lowest BCUT2D eigenvalue weighted by Gasteiger charge is -2.15. The number of nitrogens with one attached hydrogen (secondary N) is 3. The van der Waals surface area contributed by atoms with Gasteiger partial charge in [-0.15, -0.1) is 8.78 Å². The molecule has 0 bridgehead atoms. The third-order valence-electron chi connectivity index (χ3n) is 3.75. The van der Waals surface area contributed by atoms with Crippen LogP contribution in [0.15, 0.2) is 40.9 Å². The number of methoxy groups -OCH3 is 1. The molecule has 3 N–H and O–H groups in total. The second-order valence-electron chi connectivity index (χ2n) is 5.96. The van der Waals surface area contributed by atoms with E-state index in [1.54, 1.807) is 7.05 Å². The highest BCUT2D eigenvalue weighted by Gasteiger charge is 2.27. The molecule has 2 amide bonds.